The fourth-order valence-corrected chi connectivity index (χ4v) is 2.04. The Hall–Kier alpha value is -1.43. The smallest absolute Gasteiger partial charge is 0.245 e. The molecule has 1 fully saturated rings. The van der Waals surface area contributed by atoms with Crippen LogP contribution < -0.4 is 10.6 Å². The zero-order valence-electron chi connectivity index (χ0n) is 10.3. The minimum absolute atomic E-state index is 0.0000926. The molecule has 6 heteroatoms. The zero-order valence-corrected chi connectivity index (χ0v) is 10.3. The summed E-state index contributed by atoms with van der Waals surface area (Å²) in [6, 6.07) is -0.316. The summed E-state index contributed by atoms with van der Waals surface area (Å²) in [4.78, 5) is 15.9. The van der Waals surface area contributed by atoms with Crippen LogP contribution in [0.2, 0.25) is 0 Å². The molecule has 0 aromatic carbocycles. The molecule has 0 spiro atoms. The third-order valence-electron chi connectivity index (χ3n) is 3.34. The van der Waals surface area contributed by atoms with Crippen LogP contribution in [0.1, 0.15) is 32.7 Å². The Morgan fingerprint density at radius 2 is 2.24 bits per heavy atom. The number of amides is 1. The lowest BCUT2D eigenvalue weighted by molar-refractivity contribution is -0.126. The van der Waals surface area contributed by atoms with Crippen molar-refractivity contribution in [1.29, 1.82) is 0 Å². The molecule has 1 aliphatic rings. The average molecular weight is 237 g/mol. The van der Waals surface area contributed by atoms with Gasteiger partial charge in [0.2, 0.25) is 5.91 Å². The van der Waals surface area contributed by atoms with E-state index >= 15 is 0 Å². The van der Waals surface area contributed by atoms with Crippen LogP contribution in [0.15, 0.2) is 12.7 Å². The van der Waals surface area contributed by atoms with E-state index in [0.717, 1.165) is 25.9 Å². The highest BCUT2D eigenvalue weighted by Crippen LogP contribution is 2.18. The Kier molecular flexibility index (Phi) is 3.42. The first-order chi connectivity index (χ1) is 8.11. The van der Waals surface area contributed by atoms with Gasteiger partial charge in [0.15, 0.2) is 0 Å². The van der Waals surface area contributed by atoms with E-state index in [-0.39, 0.29) is 17.5 Å². The summed E-state index contributed by atoms with van der Waals surface area (Å²) in [5.41, 5.74) is -0.100. The first-order valence-corrected chi connectivity index (χ1v) is 5.98. The van der Waals surface area contributed by atoms with Gasteiger partial charge in [0, 0.05) is 5.54 Å². The zero-order chi connectivity index (χ0) is 12.3. The molecule has 1 saturated heterocycles. The van der Waals surface area contributed by atoms with E-state index in [4.69, 9.17) is 0 Å². The third-order valence-corrected chi connectivity index (χ3v) is 3.34. The van der Waals surface area contributed by atoms with Gasteiger partial charge >= 0.3 is 0 Å². The number of nitrogens with zero attached hydrogens (tertiary/aromatic N) is 3. The molecule has 0 saturated carbocycles. The van der Waals surface area contributed by atoms with Crippen LogP contribution in [0.4, 0.5) is 0 Å². The standard InChI is InChI=1S/C11H19N5O/c1-9(16-8-13-7-14-16)10(17)15-11(2)3-5-12-6-4-11/h7-9,12H,3-6H2,1-2H3,(H,15,17). The maximum Gasteiger partial charge on any atom is 0.245 e. The van der Waals surface area contributed by atoms with E-state index in [2.05, 4.69) is 27.6 Å². The van der Waals surface area contributed by atoms with Crippen LogP contribution in [-0.4, -0.2) is 39.3 Å². The van der Waals surface area contributed by atoms with Crippen molar-refractivity contribution < 1.29 is 4.79 Å². The number of nitrogens with one attached hydrogen (secondary N) is 2. The van der Waals surface area contributed by atoms with Gasteiger partial charge < -0.3 is 10.6 Å². The Bertz CT molecular complexity index is 369. The number of carbonyl (C=O) groups is 1. The van der Waals surface area contributed by atoms with Crippen LogP contribution in [0, 0.1) is 0 Å². The van der Waals surface area contributed by atoms with Crippen LogP contribution in [0.5, 0.6) is 0 Å². The SMILES string of the molecule is CC(C(=O)NC1(C)CCNCC1)n1cncn1. The quantitative estimate of drug-likeness (QED) is 0.782. The normalized spacial score (nSPS) is 20.8. The summed E-state index contributed by atoms with van der Waals surface area (Å²) in [7, 11) is 0. The van der Waals surface area contributed by atoms with Gasteiger partial charge in [-0.15, -0.1) is 0 Å². The van der Waals surface area contributed by atoms with E-state index in [1.165, 1.54) is 6.33 Å². The van der Waals surface area contributed by atoms with Crippen LogP contribution in [-0.2, 0) is 4.79 Å². The van der Waals surface area contributed by atoms with Crippen molar-refractivity contribution in [3.63, 3.8) is 0 Å². The van der Waals surface area contributed by atoms with Gasteiger partial charge in [0.25, 0.3) is 0 Å². The Labute approximate surface area is 101 Å². The second-order valence-electron chi connectivity index (χ2n) is 4.85. The number of rotatable bonds is 3. The van der Waals surface area contributed by atoms with Crippen LogP contribution in [0.25, 0.3) is 0 Å². The van der Waals surface area contributed by atoms with Gasteiger partial charge in [0.05, 0.1) is 0 Å². The van der Waals surface area contributed by atoms with Crippen molar-refractivity contribution in [2.24, 2.45) is 0 Å². The molecule has 1 aromatic rings. The topological polar surface area (TPSA) is 71.8 Å². The van der Waals surface area contributed by atoms with Crippen molar-refractivity contribution in [3.8, 4) is 0 Å². The summed E-state index contributed by atoms with van der Waals surface area (Å²) >= 11 is 0. The molecule has 0 aliphatic carbocycles. The molecule has 1 aliphatic heterocycles. The molecule has 1 amide bonds. The van der Waals surface area contributed by atoms with Gasteiger partial charge in [0.1, 0.15) is 18.7 Å². The molecule has 1 atom stereocenters. The summed E-state index contributed by atoms with van der Waals surface area (Å²) in [5, 5.41) is 10.4. The first-order valence-electron chi connectivity index (χ1n) is 5.98. The average Bonchev–Trinajstić information content (AvgIpc) is 2.81. The monoisotopic (exact) mass is 237 g/mol. The largest absolute Gasteiger partial charge is 0.349 e. The number of aromatic nitrogens is 3. The van der Waals surface area contributed by atoms with Crippen LogP contribution in [0.3, 0.4) is 0 Å². The summed E-state index contributed by atoms with van der Waals surface area (Å²) in [6.45, 7) is 5.83. The number of hydrogen-bond donors (Lipinski definition) is 2. The summed E-state index contributed by atoms with van der Waals surface area (Å²) < 4.78 is 1.57. The maximum atomic E-state index is 12.1. The number of hydrogen-bond acceptors (Lipinski definition) is 4. The fraction of sp³-hybridized carbons (Fsp3) is 0.727. The molecule has 2 N–H and O–H groups in total. The summed E-state index contributed by atoms with van der Waals surface area (Å²) in [5.74, 6) is -0.0000926. The molecule has 6 nitrogen and oxygen atoms in total. The third kappa shape index (κ3) is 2.82. The molecule has 0 radical (unpaired) electrons. The van der Waals surface area contributed by atoms with E-state index in [1.54, 1.807) is 11.0 Å². The lowest BCUT2D eigenvalue weighted by Gasteiger charge is -2.35. The van der Waals surface area contributed by atoms with Gasteiger partial charge in [-0.1, -0.05) is 0 Å². The number of carbonyl (C=O) groups excluding carboxylic acids is 1. The molecule has 17 heavy (non-hydrogen) atoms. The minimum Gasteiger partial charge on any atom is -0.349 e. The first kappa shape index (κ1) is 12.0. The predicted molar refractivity (Wildman–Crippen MR) is 63.4 cm³/mol. The van der Waals surface area contributed by atoms with Crippen LogP contribution >= 0.6 is 0 Å². The van der Waals surface area contributed by atoms with E-state index < -0.39 is 0 Å². The molecule has 1 aromatic heterocycles. The van der Waals surface area contributed by atoms with Crippen molar-refractivity contribution >= 4 is 5.91 Å². The summed E-state index contributed by atoms with van der Waals surface area (Å²) in [6.07, 6.45) is 4.93. The molecule has 0 bridgehead atoms. The fourth-order valence-electron chi connectivity index (χ4n) is 2.04. The maximum absolute atomic E-state index is 12.1. The minimum atomic E-state index is -0.316. The second kappa shape index (κ2) is 4.83. The molecule has 94 valence electrons. The van der Waals surface area contributed by atoms with Gasteiger partial charge in [-0.25, -0.2) is 9.67 Å². The van der Waals surface area contributed by atoms with Gasteiger partial charge in [-0.3, -0.25) is 4.79 Å². The highest BCUT2D eigenvalue weighted by Gasteiger charge is 2.30. The highest BCUT2D eigenvalue weighted by molar-refractivity contribution is 5.80. The molecular formula is C11H19N5O. The van der Waals surface area contributed by atoms with E-state index in [1.807, 2.05) is 6.92 Å². The molecule has 2 rings (SSSR count). The van der Waals surface area contributed by atoms with Crippen molar-refractivity contribution in [2.45, 2.75) is 38.3 Å². The van der Waals surface area contributed by atoms with Crippen molar-refractivity contribution in [2.75, 3.05) is 13.1 Å². The Morgan fingerprint density at radius 1 is 1.53 bits per heavy atom. The van der Waals surface area contributed by atoms with E-state index in [0.29, 0.717) is 0 Å². The van der Waals surface area contributed by atoms with Crippen molar-refractivity contribution in [3.05, 3.63) is 12.7 Å². The molecular weight excluding hydrogens is 218 g/mol. The van der Waals surface area contributed by atoms with E-state index in [9.17, 15) is 4.79 Å². The molecule has 2 heterocycles. The van der Waals surface area contributed by atoms with Crippen molar-refractivity contribution in [1.82, 2.24) is 25.4 Å². The lowest BCUT2D eigenvalue weighted by Crippen LogP contribution is -2.53. The number of piperidine rings is 1. The second-order valence-corrected chi connectivity index (χ2v) is 4.85. The lowest BCUT2D eigenvalue weighted by atomic mass is 9.90. The predicted octanol–water partition coefficient (Wildman–Crippen LogP) is 0.0974. The Morgan fingerprint density at radius 3 is 2.82 bits per heavy atom. The molecule has 1 unspecified atom stereocenters. The van der Waals surface area contributed by atoms with Gasteiger partial charge in [-0.05, 0) is 39.8 Å². The highest BCUT2D eigenvalue weighted by atomic mass is 16.2. The van der Waals surface area contributed by atoms with Gasteiger partial charge in [-0.2, -0.15) is 5.10 Å². The Balaban J connectivity index is 1.96.